The van der Waals surface area contributed by atoms with Crippen molar-refractivity contribution in [3.05, 3.63) is 47.7 Å². The van der Waals surface area contributed by atoms with Crippen molar-refractivity contribution in [2.24, 2.45) is 0 Å². The number of carbonyl (C=O) groups is 1. The Bertz CT molecular complexity index is 518. The topological polar surface area (TPSA) is 76.4 Å². The SMILES string of the molecule is CC(C)NC(=O)/C(C#N)=C\N(CCO)Cc1ccccc1. The van der Waals surface area contributed by atoms with Crippen molar-refractivity contribution in [2.45, 2.75) is 26.4 Å². The monoisotopic (exact) mass is 287 g/mol. The smallest absolute Gasteiger partial charge is 0.263 e. The van der Waals surface area contributed by atoms with E-state index in [0.717, 1.165) is 5.56 Å². The van der Waals surface area contributed by atoms with Crippen LogP contribution in [0.2, 0.25) is 0 Å². The fraction of sp³-hybridized carbons (Fsp3) is 0.375. The summed E-state index contributed by atoms with van der Waals surface area (Å²) in [5, 5.41) is 20.9. The Hall–Kier alpha value is -2.32. The zero-order valence-corrected chi connectivity index (χ0v) is 12.4. The van der Waals surface area contributed by atoms with Crippen molar-refractivity contribution >= 4 is 5.91 Å². The van der Waals surface area contributed by atoms with Gasteiger partial charge in [0.2, 0.25) is 0 Å². The molecule has 0 aliphatic rings. The Kier molecular flexibility index (Phi) is 6.99. The van der Waals surface area contributed by atoms with Crippen LogP contribution < -0.4 is 5.32 Å². The van der Waals surface area contributed by atoms with Crippen LogP contribution in [0.5, 0.6) is 0 Å². The van der Waals surface area contributed by atoms with E-state index in [2.05, 4.69) is 5.32 Å². The standard InChI is InChI=1S/C16H21N3O2/c1-13(2)18-16(21)15(10-17)12-19(8-9-20)11-14-6-4-3-5-7-14/h3-7,12-13,20H,8-9,11H2,1-2H3,(H,18,21)/b15-12-. The van der Waals surface area contributed by atoms with Crippen LogP contribution in [0.4, 0.5) is 0 Å². The summed E-state index contributed by atoms with van der Waals surface area (Å²) in [4.78, 5) is 13.6. The van der Waals surface area contributed by atoms with Gasteiger partial charge in [-0.25, -0.2) is 0 Å². The van der Waals surface area contributed by atoms with Crippen molar-refractivity contribution in [3.63, 3.8) is 0 Å². The first-order chi connectivity index (χ1) is 10.1. The summed E-state index contributed by atoms with van der Waals surface area (Å²) in [5.41, 5.74) is 1.08. The molecule has 5 nitrogen and oxygen atoms in total. The Morgan fingerprint density at radius 3 is 2.62 bits per heavy atom. The zero-order chi connectivity index (χ0) is 15.7. The lowest BCUT2D eigenvalue weighted by atomic mass is 10.2. The predicted octanol–water partition coefficient (Wildman–Crippen LogP) is 1.41. The number of nitrogens with one attached hydrogen (secondary N) is 1. The molecule has 21 heavy (non-hydrogen) atoms. The maximum Gasteiger partial charge on any atom is 0.263 e. The summed E-state index contributed by atoms with van der Waals surface area (Å²) in [7, 11) is 0. The molecule has 0 unspecified atom stereocenters. The Balaban J connectivity index is 2.86. The molecule has 0 bridgehead atoms. The van der Waals surface area contributed by atoms with E-state index < -0.39 is 5.91 Å². The van der Waals surface area contributed by atoms with Crippen molar-refractivity contribution in [2.75, 3.05) is 13.2 Å². The van der Waals surface area contributed by atoms with E-state index >= 15 is 0 Å². The maximum absolute atomic E-state index is 11.9. The minimum atomic E-state index is -0.400. The van der Waals surface area contributed by atoms with E-state index in [-0.39, 0.29) is 18.2 Å². The number of nitrogens with zero attached hydrogens (tertiary/aromatic N) is 2. The molecule has 2 N–H and O–H groups in total. The number of hydrogen-bond acceptors (Lipinski definition) is 4. The predicted molar refractivity (Wildman–Crippen MR) is 80.9 cm³/mol. The molecular formula is C16H21N3O2. The quantitative estimate of drug-likeness (QED) is 0.587. The largest absolute Gasteiger partial charge is 0.395 e. The van der Waals surface area contributed by atoms with E-state index in [1.165, 1.54) is 6.20 Å². The summed E-state index contributed by atoms with van der Waals surface area (Å²) < 4.78 is 0. The lowest BCUT2D eigenvalue weighted by Gasteiger charge is -2.20. The summed E-state index contributed by atoms with van der Waals surface area (Å²) in [6, 6.07) is 11.6. The summed E-state index contributed by atoms with van der Waals surface area (Å²) in [6.45, 7) is 4.51. The highest BCUT2D eigenvalue weighted by Gasteiger charge is 2.12. The van der Waals surface area contributed by atoms with Gasteiger partial charge in [-0.2, -0.15) is 5.26 Å². The molecule has 5 heteroatoms. The average Bonchev–Trinajstić information content (AvgIpc) is 2.45. The number of aliphatic hydroxyl groups is 1. The van der Waals surface area contributed by atoms with Crippen LogP contribution in [0, 0.1) is 11.3 Å². The van der Waals surface area contributed by atoms with E-state index in [9.17, 15) is 4.79 Å². The molecule has 0 saturated heterocycles. The summed E-state index contributed by atoms with van der Waals surface area (Å²) in [6.07, 6.45) is 1.50. The molecule has 1 rings (SSSR count). The van der Waals surface area contributed by atoms with Gasteiger partial charge >= 0.3 is 0 Å². The number of carbonyl (C=O) groups excluding carboxylic acids is 1. The third kappa shape index (κ3) is 6.11. The van der Waals surface area contributed by atoms with Gasteiger partial charge in [0.1, 0.15) is 11.6 Å². The van der Waals surface area contributed by atoms with Gasteiger partial charge in [0.15, 0.2) is 0 Å². The molecule has 0 atom stereocenters. The molecule has 0 spiro atoms. The fourth-order valence-corrected chi connectivity index (χ4v) is 1.80. The van der Waals surface area contributed by atoms with E-state index in [4.69, 9.17) is 10.4 Å². The van der Waals surface area contributed by atoms with E-state index in [1.54, 1.807) is 4.90 Å². The van der Waals surface area contributed by atoms with Crippen molar-refractivity contribution in [3.8, 4) is 6.07 Å². The molecule has 112 valence electrons. The highest BCUT2D eigenvalue weighted by molar-refractivity contribution is 5.97. The first kappa shape index (κ1) is 16.7. The van der Waals surface area contributed by atoms with Crippen molar-refractivity contribution < 1.29 is 9.90 Å². The molecule has 0 aliphatic heterocycles. The minimum absolute atomic E-state index is 0.0327. The van der Waals surface area contributed by atoms with Gasteiger partial charge in [-0.1, -0.05) is 30.3 Å². The number of hydrogen-bond donors (Lipinski definition) is 2. The molecule has 1 aromatic carbocycles. The van der Waals surface area contributed by atoms with Crippen LogP contribution in [-0.2, 0) is 11.3 Å². The van der Waals surface area contributed by atoms with E-state index in [1.807, 2.05) is 50.2 Å². The first-order valence-corrected chi connectivity index (χ1v) is 6.88. The second-order valence-electron chi connectivity index (χ2n) is 4.96. The van der Waals surface area contributed by atoms with Crippen LogP contribution in [0.15, 0.2) is 42.1 Å². The highest BCUT2D eigenvalue weighted by atomic mass is 16.3. The number of amides is 1. The number of nitriles is 1. The number of rotatable bonds is 7. The Morgan fingerprint density at radius 2 is 2.10 bits per heavy atom. The first-order valence-electron chi connectivity index (χ1n) is 6.88. The normalized spacial score (nSPS) is 11.1. The van der Waals surface area contributed by atoms with Gasteiger partial charge in [-0.15, -0.1) is 0 Å². The Labute approximate surface area is 125 Å². The second kappa shape index (κ2) is 8.77. The van der Waals surface area contributed by atoms with Gasteiger partial charge in [0.25, 0.3) is 5.91 Å². The summed E-state index contributed by atoms with van der Waals surface area (Å²) >= 11 is 0. The molecule has 0 saturated carbocycles. The van der Waals surface area contributed by atoms with Gasteiger partial charge in [0, 0.05) is 25.3 Å². The average molecular weight is 287 g/mol. The molecule has 0 aromatic heterocycles. The molecule has 0 heterocycles. The van der Waals surface area contributed by atoms with Crippen molar-refractivity contribution in [1.29, 1.82) is 5.26 Å². The molecule has 1 amide bonds. The van der Waals surface area contributed by atoms with Gasteiger partial charge in [0.05, 0.1) is 6.61 Å². The summed E-state index contributed by atoms with van der Waals surface area (Å²) in [5.74, 6) is -0.400. The highest BCUT2D eigenvalue weighted by Crippen LogP contribution is 2.07. The molecule has 1 aromatic rings. The van der Waals surface area contributed by atoms with E-state index in [0.29, 0.717) is 13.1 Å². The maximum atomic E-state index is 11.9. The van der Waals surface area contributed by atoms with Crippen LogP contribution in [0.1, 0.15) is 19.4 Å². The van der Waals surface area contributed by atoms with Gasteiger partial charge < -0.3 is 15.3 Å². The van der Waals surface area contributed by atoms with Crippen molar-refractivity contribution in [1.82, 2.24) is 10.2 Å². The zero-order valence-electron chi connectivity index (χ0n) is 12.4. The molecule has 0 radical (unpaired) electrons. The Morgan fingerprint density at radius 1 is 1.43 bits per heavy atom. The van der Waals surface area contributed by atoms with Gasteiger partial charge in [-0.3, -0.25) is 4.79 Å². The molecular weight excluding hydrogens is 266 g/mol. The molecule has 0 fully saturated rings. The molecule has 0 aliphatic carbocycles. The fourth-order valence-electron chi connectivity index (χ4n) is 1.80. The number of aliphatic hydroxyl groups excluding tert-OH is 1. The van der Waals surface area contributed by atoms with Crippen LogP contribution >= 0.6 is 0 Å². The lowest BCUT2D eigenvalue weighted by Crippen LogP contribution is -2.32. The lowest BCUT2D eigenvalue weighted by molar-refractivity contribution is -0.117. The third-order valence-electron chi connectivity index (χ3n) is 2.71. The van der Waals surface area contributed by atoms with Crippen LogP contribution in [-0.4, -0.2) is 35.1 Å². The van der Waals surface area contributed by atoms with Crippen LogP contribution in [0.25, 0.3) is 0 Å². The third-order valence-corrected chi connectivity index (χ3v) is 2.71. The second-order valence-corrected chi connectivity index (χ2v) is 4.96. The minimum Gasteiger partial charge on any atom is -0.395 e. The van der Waals surface area contributed by atoms with Crippen LogP contribution in [0.3, 0.4) is 0 Å². The number of benzene rings is 1. The van der Waals surface area contributed by atoms with Gasteiger partial charge in [-0.05, 0) is 19.4 Å².